The molecule has 0 amide bonds. The van der Waals surface area contributed by atoms with Gasteiger partial charge in [-0.1, -0.05) is 53.6 Å². The quantitative estimate of drug-likeness (QED) is 0.473. The zero-order valence-electron chi connectivity index (χ0n) is 18.8. The number of halogens is 1. The molecule has 0 fully saturated rings. The smallest absolute Gasteiger partial charge is 0.270 e. The maximum atomic E-state index is 13.6. The molecule has 0 aliphatic carbocycles. The number of ether oxygens (including phenoxy) is 2. The van der Waals surface area contributed by atoms with Crippen LogP contribution in [-0.4, -0.2) is 28.4 Å². The van der Waals surface area contributed by atoms with Gasteiger partial charge in [0.25, 0.3) is 10.0 Å². The minimum atomic E-state index is -4.16. The first-order chi connectivity index (χ1) is 16.3. The van der Waals surface area contributed by atoms with Crippen LogP contribution < -0.4 is 19.1 Å². The van der Waals surface area contributed by atoms with Gasteiger partial charge in [0.2, 0.25) is 5.78 Å². The first-order valence-electron chi connectivity index (χ1n) is 10.4. The van der Waals surface area contributed by atoms with Crippen LogP contribution in [0, 0.1) is 6.92 Å². The van der Waals surface area contributed by atoms with Crippen LogP contribution in [0.1, 0.15) is 21.5 Å². The highest BCUT2D eigenvalue weighted by Gasteiger charge is 2.40. The fourth-order valence-electron chi connectivity index (χ4n) is 3.67. The molecule has 0 unspecified atom stereocenters. The lowest BCUT2D eigenvalue weighted by Gasteiger charge is -2.31. The van der Waals surface area contributed by atoms with E-state index in [4.69, 9.17) is 21.1 Å². The molecule has 0 saturated carbocycles. The third-order valence-corrected chi connectivity index (χ3v) is 7.55. The number of fused-ring (bicyclic) bond motifs is 1. The Balaban J connectivity index is 1.78. The van der Waals surface area contributed by atoms with Gasteiger partial charge in [-0.3, -0.25) is 9.10 Å². The predicted octanol–water partition coefficient (Wildman–Crippen LogP) is 5.15. The normalized spacial score (nSPS) is 15.7. The van der Waals surface area contributed by atoms with Crippen LogP contribution in [-0.2, 0) is 16.6 Å². The standard InChI is InChI=1S/C25H23ClN2O5S/c1-16-8-10-17(11-9-16)15-28-21-7-5-4-6-18(21)25(29)24(34(28,30)31)14-27-20-12-19(26)22(32-2)13-23(20)33-3/h4-14,27H,15H2,1-3H3. The Morgan fingerprint density at radius 3 is 2.35 bits per heavy atom. The zero-order valence-corrected chi connectivity index (χ0v) is 20.4. The van der Waals surface area contributed by atoms with E-state index < -0.39 is 15.8 Å². The number of ketones is 1. The second kappa shape index (κ2) is 9.40. The lowest BCUT2D eigenvalue weighted by molar-refractivity contribution is 0.104. The van der Waals surface area contributed by atoms with Crippen molar-refractivity contribution in [1.29, 1.82) is 0 Å². The number of methoxy groups -OCH3 is 2. The van der Waals surface area contributed by atoms with Crippen molar-refractivity contribution in [3.8, 4) is 11.5 Å². The van der Waals surface area contributed by atoms with E-state index in [2.05, 4.69) is 5.32 Å². The SMILES string of the molecule is COc1cc(OC)c(NC=C2C(=O)c3ccccc3N(Cc3ccc(C)cc3)S2(=O)=O)cc1Cl. The van der Waals surface area contributed by atoms with E-state index in [9.17, 15) is 13.2 Å². The Labute approximate surface area is 203 Å². The monoisotopic (exact) mass is 498 g/mol. The number of hydrogen-bond acceptors (Lipinski definition) is 6. The van der Waals surface area contributed by atoms with Crippen LogP contribution in [0.4, 0.5) is 11.4 Å². The third-order valence-electron chi connectivity index (χ3n) is 5.49. The van der Waals surface area contributed by atoms with Crippen molar-refractivity contribution >= 4 is 38.8 Å². The summed E-state index contributed by atoms with van der Waals surface area (Å²) in [7, 11) is -1.23. The van der Waals surface area contributed by atoms with Gasteiger partial charge in [0.05, 0.1) is 37.2 Å². The highest BCUT2D eigenvalue weighted by molar-refractivity contribution is 7.97. The molecular formula is C25H23ClN2O5S. The number of carbonyl (C=O) groups is 1. The van der Waals surface area contributed by atoms with E-state index in [0.29, 0.717) is 33.5 Å². The fraction of sp³-hybridized carbons (Fsp3) is 0.160. The van der Waals surface area contributed by atoms with Crippen molar-refractivity contribution < 1.29 is 22.7 Å². The van der Waals surface area contributed by atoms with Crippen LogP contribution in [0.5, 0.6) is 11.5 Å². The van der Waals surface area contributed by atoms with Gasteiger partial charge >= 0.3 is 0 Å². The highest BCUT2D eigenvalue weighted by atomic mass is 35.5. The average molecular weight is 499 g/mol. The molecule has 9 heteroatoms. The van der Waals surface area contributed by atoms with E-state index in [1.807, 2.05) is 31.2 Å². The van der Waals surface area contributed by atoms with E-state index >= 15 is 0 Å². The summed E-state index contributed by atoms with van der Waals surface area (Å²) in [6.45, 7) is 2.05. The molecule has 0 bridgehead atoms. The summed E-state index contributed by atoms with van der Waals surface area (Å²) in [5.74, 6) is 0.175. The van der Waals surface area contributed by atoms with Gasteiger partial charge in [-0.05, 0) is 30.7 Å². The van der Waals surface area contributed by atoms with Gasteiger partial charge in [0.1, 0.15) is 11.5 Å². The first kappa shape index (κ1) is 23.7. The van der Waals surface area contributed by atoms with Crippen molar-refractivity contribution in [1.82, 2.24) is 0 Å². The maximum Gasteiger partial charge on any atom is 0.270 e. The van der Waals surface area contributed by atoms with Crippen LogP contribution in [0.2, 0.25) is 5.02 Å². The summed E-state index contributed by atoms with van der Waals surface area (Å²) < 4.78 is 39.0. The Hall–Kier alpha value is -3.49. The molecule has 1 aliphatic rings. The number of sulfonamides is 1. The number of allylic oxidation sites excluding steroid dienone is 1. The number of nitrogens with one attached hydrogen (secondary N) is 1. The molecule has 0 aromatic heterocycles. The second-order valence-corrected chi connectivity index (χ2v) is 9.92. The largest absolute Gasteiger partial charge is 0.495 e. The number of hydrogen-bond donors (Lipinski definition) is 1. The minimum absolute atomic E-state index is 0.0852. The molecule has 34 heavy (non-hydrogen) atoms. The zero-order chi connectivity index (χ0) is 24.5. The summed E-state index contributed by atoms with van der Waals surface area (Å²) in [5, 5.41) is 3.18. The van der Waals surface area contributed by atoms with E-state index in [-0.39, 0.29) is 11.4 Å². The second-order valence-electron chi connectivity index (χ2n) is 7.68. The predicted molar refractivity (Wildman–Crippen MR) is 133 cm³/mol. The Bertz CT molecular complexity index is 1380. The number of anilines is 2. The molecule has 7 nitrogen and oxygen atoms in total. The lowest BCUT2D eigenvalue weighted by Crippen LogP contribution is -2.39. The molecule has 3 aromatic carbocycles. The van der Waals surface area contributed by atoms with Crippen molar-refractivity contribution in [3.63, 3.8) is 0 Å². The average Bonchev–Trinajstić information content (AvgIpc) is 2.83. The molecule has 176 valence electrons. The molecule has 0 saturated heterocycles. The van der Waals surface area contributed by atoms with Gasteiger partial charge in [-0.2, -0.15) is 0 Å². The molecule has 3 aromatic rings. The summed E-state index contributed by atoms with van der Waals surface area (Å²) in [6.07, 6.45) is 1.18. The molecule has 4 rings (SSSR count). The fourth-order valence-corrected chi connectivity index (χ4v) is 5.43. The number of rotatable bonds is 6. The first-order valence-corrected chi connectivity index (χ1v) is 12.2. The number of nitrogens with zero attached hydrogens (tertiary/aromatic N) is 1. The summed E-state index contributed by atoms with van der Waals surface area (Å²) in [4.78, 5) is 12.8. The minimum Gasteiger partial charge on any atom is -0.495 e. The number of para-hydroxylation sites is 1. The Morgan fingerprint density at radius 2 is 1.68 bits per heavy atom. The number of Topliss-reactive ketones (excluding diaryl/α,β-unsaturated/α-hetero) is 1. The van der Waals surface area contributed by atoms with Crippen molar-refractivity contribution in [2.24, 2.45) is 0 Å². The Kier molecular flexibility index (Phi) is 6.54. The topological polar surface area (TPSA) is 84.9 Å². The Morgan fingerprint density at radius 1 is 1.00 bits per heavy atom. The number of aryl methyl sites for hydroxylation is 1. The van der Waals surface area contributed by atoms with Gasteiger partial charge in [-0.15, -0.1) is 0 Å². The van der Waals surface area contributed by atoms with Crippen molar-refractivity contribution in [3.05, 3.63) is 93.5 Å². The van der Waals surface area contributed by atoms with Crippen LogP contribution in [0.15, 0.2) is 71.8 Å². The summed E-state index contributed by atoms with van der Waals surface area (Å²) >= 11 is 6.22. The van der Waals surface area contributed by atoms with Crippen molar-refractivity contribution in [2.45, 2.75) is 13.5 Å². The summed E-state index contributed by atoms with van der Waals surface area (Å²) in [5.41, 5.74) is 2.90. The molecule has 1 aliphatic heterocycles. The van der Waals surface area contributed by atoms with Crippen molar-refractivity contribution in [2.75, 3.05) is 23.8 Å². The van der Waals surface area contributed by atoms with Gasteiger partial charge < -0.3 is 14.8 Å². The molecule has 0 spiro atoms. The lowest BCUT2D eigenvalue weighted by atomic mass is 10.1. The van der Waals surface area contributed by atoms with E-state index in [0.717, 1.165) is 11.1 Å². The van der Waals surface area contributed by atoms with Crippen LogP contribution >= 0.6 is 11.6 Å². The maximum absolute atomic E-state index is 13.6. The van der Waals surface area contributed by atoms with Crippen LogP contribution in [0.3, 0.4) is 0 Å². The van der Waals surface area contributed by atoms with Gasteiger partial charge in [0.15, 0.2) is 4.91 Å². The van der Waals surface area contributed by atoms with Crippen LogP contribution in [0.25, 0.3) is 0 Å². The molecule has 0 atom stereocenters. The third kappa shape index (κ3) is 4.34. The molecule has 0 radical (unpaired) electrons. The molecule has 1 heterocycles. The molecule has 1 N–H and O–H groups in total. The van der Waals surface area contributed by atoms with E-state index in [1.165, 1.54) is 30.8 Å². The number of carbonyl (C=O) groups excluding carboxylic acids is 1. The summed E-state index contributed by atoms with van der Waals surface area (Å²) in [6, 6.07) is 17.3. The van der Waals surface area contributed by atoms with Gasteiger partial charge in [-0.25, -0.2) is 8.42 Å². The molecular weight excluding hydrogens is 476 g/mol. The number of benzene rings is 3. The highest BCUT2D eigenvalue weighted by Crippen LogP contribution is 2.38. The van der Waals surface area contributed by atoms with Gasteiger partial charge in [0, 0.05) is 17.8 Å². The van der Waals surface area contributed by atoms with E-state index in [1.54, 1.807) is 30.3 Å².